The number of morpholine rings is 1. The highest BCUT2D eigenvalue weighted by Gasteiger charge is 2.26. The quantitative estimate of drug-likeness (QED) is 0.821. The molecule has 2 rings (SSSR count). The van der Waals surface area contributed by atoms with Crippen molar-refractivity contribution in [3.8, 4) is 5.75 Å². The summed E-state index contributed by atoms with van der Waals surface area (Å²) in [6.45, 7) is 1.35. The molecule has 0 aromatic heterocycles. The maximum atomic E-state index is 13.1. The molecule has 0 unspecified atom stereocenters. The van der Waals surface area contributed by atoms with Gasteiger partial charge in [-0.25, -0.2) is 12.8 Å². The van der Waals surface area contributed by atoms with Gasteiger partial charge in [0, 0.05) is 19.6 Å². The minimum atomic E-state index is -3.52. The topological polar surface area (TPSA) is 81.9 Å². The Morgan fingerprint density at radius 2 is 1.91 bits per heavy atom. The predicted molar refractivity (Wildman–Crippen MR) is 87.0 cm³/mol. The predicted octanol–water partition coefficient (Wildman–Crippen LogP) is 1.32. The van der Waals surface area contributed by atoms with E-state index in [9.17, 15) is 12.8 Å². The van der Waals surface area contributed by atoms with Crippen LogP contribution in [0.15, 0.2) is 41.1 Å². The number of benzene rings is 1. The van der Waals surface area contributed by atoms with Gasteiger partial charge in [-0.3, -0.25) is 0 Å². The van der Waals surface area contributed by atoms with Crippen LogP contribution in [0.1, 0.15) is 0 Å². The first kappa shape index (κ1) is 19.9. The minimum absolute atomic E-state index is 0. The summed E-state index contributed by atoms with van der Waals surface area (Å²) in [5.41, 5.74) is 5.18. The van der Waals surface area contributed by atoms with Crippen molar-refractivity contribution in [2.45, 2.75) is 4.90 Å². The zero-order valence-corrected chi connectivity index (χ0v) is 14.1. The highest BCUT2D eigenvalue weighted by molar-refractivity contribution is 7.89. The van der Waals surface area contributed by atoms with Crippen LogP contribution in [0.4, 0.5) is 4.39 Å². The second-order valence-corrected chi connectivity index (χ2v) is 6.60. The Labute approximate surface area is 141 Å². The lowest BCUT2D eigenvalue weighted by atomic mass is 10.3. The molecule has 0 radical (unpaired) electrons. The average molecular weight is 367 g/mol. The molecule has 6 nitrogen and oxygen atoms in total. The summed E-state index contributed by atoms with van der Waals surface area (Å²) in [5, 5.41) is 0. The summed E-state index contributed by atoms with van der Waals surface area (Å²) in [6.07, 6.45) is 1.22. The Morgan fingerprint density at radius 3 is 2.48 bits per heavy atom. The molecule has 1 aliphatic rings. The van der Waals surface area contributed by atoms with E-state index in [0.717, 1.165) is 0 Å². The number of ether oxygens (including phenoxy) is 2. The number of rotatable bonds is 6. The largest absolute Gasteiger partial charge is 0.487 e. The van der Waals surface area contributed by atoms with E-state index in [0.29, 0.717) is 32.1 Å². The molecule has 2 N–H and O–H groups in total. The van der Waals surface area contributed by atoms with Gasteiger partial charge in [-0.05, 0) is 30.3 Å². The van der Waals surface area contributed by atoms with Crippen LogP contribution in [0.5, 0.6) is 5.75 Å². The van der Waals surface area contributed by atoms with E-state index in [-0.39, 0.29) is 30.5 Å². The minimum Gasteiger partial charge on any atom is -0.487 e. The van der Waals surface area contributed by atoms with E-state index in [1.54, 1.807) is 0 Å². The molecule has 23 heavy (non-hydrogen) atoms. The molecule has 1 aliphatic heterocycles. The summed E-state index contributed by atoms with van der Waals surface area (Å²) in [5.74, 6) is -0.0750. The summed E-state index contributed by atoms with van der Waals surface area (Å²) in [4.78, 5) is 0.180. The van der Waals surface area contributed by atoms with Crippen molar-refractivity contribution in [3.05, 3.63) is 36.2 Å². The molecule has 0 aliphatic carbocycles. The third-order valence-corrected chi connectivity index (χ3v) is 5.06. The van der Waals surface area contributed by atoms with E-state index in [2.05, 4.69) is 0 Å². The number of sulfonamides is 1. The molecule has 130 valence electrons. The molecule has 0 atom stereocenters. The molecule has 1 fully saturated rings. The maximum Gasteiger partial charge on any atom is 0.243 e. The fourth-order valence-electron chi connectivity index (χ4n) is 1.98. The third-order valence-electron chi connectivity index (χ3n) is 3.15. The lowest BCUT2D eigenvalue weighted by Gasteiger charge is -2.26. The van der Waals surface area contributed by atoms with Gasteiger partial charge >= 0.3 is 0 Å². The Kier molecular flexibility index (Phi) is 7.93. The van der Waals surface area contributed by atoms with E-state index in [4.69, 9.17) is 15.2 Å². The van der Waals surface area contributed by atoms with Gasteiger partial charge in [0.05, 0.1) is 18.1 Å². The third kappa shape index (κ3) is 5.43. The van der Waals surface area contributed by atoms with Crippen molar-refractivity contribution < 1.29 is 22.3 Å². The molecule has 1 aromatic carbocycles. The van der Waals surface area contributed by atoms with Gasteiger partial charge in [0.25, 0.3) is 0 Å². The fraction of sp³-hybridized carbons (Fsp3) is 0.429. The van der Waals surface area contributed by atoms with Gasteiger partial charge < -0.3 is 15.2 Å². The van der Waals surface area contributed by atoms with E-state index >= 15 is 0 Å². The Hall–Kier alpha value is -1.19. The fourth-order valence-corrected chi connectivity index (χ4v) is 3.39. The summed E-state index contributed by atoms with van der Waals surface area (Å²) in [6, 6.07) is 5.90. The van der Waals surface area contributed by atoms with Crippen LogP contribution in [0.25, 0.3) is 0 Å². The van der Waals surface area contributed by atoms with Crippen molar-refractivity contribution in [1.82, 2.24) is 4.31 Å². The molecule has 0 amide bonds. The van der Waals surface area contributed by atoms with Crippen LogP contribution < -0.4 is 10.5 Å². The van der Waals surface area contributed by atoms with E-state index in [1.165, 1.54) is 34.6 Å². The smallest absolute Gasteiger partial charge is 0.243 e. The first-order valence-electron chi connectivity index (χ1n) is 6.89. The Morgan fingerprint density at radius 1 is 1.30 bits per heavy atom. The first-order valence-corrected chi connectivity index (χ1v) is 8.33. The lowest BCUT2D eigenvalue weighted by molar-refractivity contribution is 0.0730. The van der Waals surface area contributed by atoms with Crippen LogP contribution in [0.2, 0.25) is 0 Å². The van der Waals surface area contributed by atoms with Gasteiger partial charge in [0.2, 0.25) is 10.0 Å². The van der Waals surface area contributed by atoms with E-state index < -0.39 is 15.9 Å². The van der Waals surface area contributed by atoms with Crippen LogP contribution in [0.3, 0.4) is 0 Å². The average Bonchev–Trinajstić information content (AvgIpc) is 2.54. The van der Waals surface area contributed by atoms with Crippen LogP contribution in [0, 0.1) is 0 Å². The summed E-state index contributed by atoms with van der Waals surface area (Å²) in [7, 11) is -3.52. The molecule has 0 spiro atoms. The summed E-state index contributed by atoms with van der Waals surface area (Å²) < 4.78 is 49.7. The zero-order chi connectivity index (χ0) is 16.0. The second kappa shape index (κ2) is 9.19. The number of hydrogen-bond donors (Lipinski definition) is 1. The molecule has 0 saturated carbocycles. The molecular formula is C14H20ClFN2O4S. The van der Waals surface area contributed by atoms with Crippen molar-refractivity contribution in [2.75, 3.05) is 39.5 Å². The van der Waals surface area contributed by atoms with Gasteiger partial charge in [-0.15, -0.1) is 12.4 Å². The number of nitrogens with zero attached hydrogens (tertiary/aromatic N) is 1. The first-order chi connectivity index (χ1) is 10.5. The van der Waals surface area contributed by atoms with E-state index in [1.807, 2.05) is 0 Å². The molecule has 1 heterocycles. The molecule has 0 bridgehead atoms. The second-order valence-electron chi connectivity index (χ2n) is 4.66. The Balaban J connectivity index is 0.00000264. The highest BCUT2D eigenvalue weighted by atomic mass is 35.5. The van der Waals surface area contributed by atoms with Crippen molar-refractivity contribution >= 4 is 22.4 Å². The number of halogens is 2. The monoisotopic (exact) mass is 366 g/mol. The Bertz CT molecular complexity index is 616. The maximum absolute atomic E-state index is 13.1. The molecule has 1 aromatic rings. The molecule has 9 heteroatoms. The highest BCUT2D eigenvalue weighted by Crippen LogP contribution is 2.20. The normalized spacial score (nSPS) is 16.7. The van der Waals surface area contributed by atoms with Crippen LogP contribution in [-0.4, -0.2) is 52.2 Å². The molecular weight excluding hydrogens is 347 g/mol. The zero-order valence-electron chi connectivity index (χ0n) is 12.5. The SMILES string of the molecule is Cl.NCC=C(F)COc1ccc(S(=O)(=O)N2CCOCC2)cc1. The number of nitrogens with two attached hydrogens (primary N) is 1. The number of hydrogen-bond acceptors (Lipinski definition) is 5. The molecule has 1 saturated heterocycles. The van der Waals surface area contributed by atoms with Gasteiger partial charge in [-0.2, -0.15) is 4.31 Å². The van der Waals surface area contributed by atoms with Crippen molar-refractivity contribution in [3.63, 3.8) is 0 Å². The van der Waals surface area contributed by atoms with Gasteiger partial charge in [-0.1, -0.05) is 0 Å². The van der Waals surface area contributed by atoms with Crippen LogP contribution in [-0.2, 0) is 14.8 Å². The van der Waals surface area contributed by atoms with Gasteiger partial charge in [0.1, 0.15) is 18.2 Å². The van der Waals surface area contributed by atoms with Crippen molar-refractivity contribution in [2.24, 2.45) is 5.73 Å². The van der Waals surface area contributed by atoms with Crippen molar-refractivity contribution in [1.29, 1.82) is 0 Å². The standard InChI is InChI=1S/C14H19FN2O4S.ClH/c15-12(5-6-16)11-21-13-1-3-14(4-2-13)22(18,19)17-7-9-20-10-8-17;/h1-5H,6-11,16H2;1H. The van der Waals surface area contributed by atoms with Gasteiger partial charge in [0.15, 0.2) is 0 Å². The van der Waals surface area contributed by atoms with Crippen LogP contribution >= 0.6 is 12.4 Å². The summed E-state index contributed by atoms with van der Waals surface area (Å²) >= 11 is 0. The lowest BCUT2D eigenvalue weighted by Crippen LogP contribution is -2.40.